The van der Waals surface area contributed by atoms with Crippen molar-refractivity contribution in [1.82, 2.24) is 0 Å². The molecule has 3 aromatic carbocycles. The summed E-state index contributed by atoms with van der Waals surface area (Å²) in [5.41, 5.74) is 5.85. The molecule has 132 valence electrons. The number of ether oxygens (including phenoxy) is 2. The number of hydrogen-bond donors (Lipinski definition) is 1. The van der Waals surface area contributed by atoms with E-state index in [2.05, 4.69) is 68.6 Å². The lowest BCUT2D eigenvalue weighted by Gasteiger charge is -2.22. The first-order valence-electron chi connectivity index (χ1n) is 8.87. The molecule has 0 radical (unpaired) electrons. The van der Waals surface area contributed by atoms with E-state index in [1.54, 1.807) is 0 Å². The zero-order chi connectivity index (χ0) is 18.1. The van der Waals surface area contributed by atoms with Gasteiger partial charge in [0, 0.05) is 23.0 Å². The van der Waals surface area contributed by atoms with E-state index in [0.29, 0.717) is 0 Å². The molecule has 0 unspecified atom stereocenters. The Balaban J connectivity index is 1.75. The highest BCUT2D eigenvalue weighted by molar-refractivity contribution is 5.82. The Morgan fingerprint density at radius 2 is 1.58 bits per heavy atom. The molecule has 0 atom stereocenters. The Morgan fingerprint density at radius 1 is 0.808 bits per heavy atom. The van der Waals surface area contributed by atoms with Crippen LogP contribution in [0.15, 0.2) is 66.7 Å². The molecule has 0 aromatic heterocycles. The summed E-state index contributed by atoms with van der Waals surface area (Å²) in [7, 11) is 0. The van der Waals surface area contributed by atoms with Gasteiger partial charge in [0.25, 0.3) is 0 Å². The monoisotopic (exact) mass is 345 g/mol. The maximum atomic E-state index is 5.49. The van der Waals surface area contributed by atoms with Crippen molar-refractivity contribution in [2.24, 2.45) is 0 Å². The van der Waals surface area contributed by atoms with Crippen molar-refractivity contribution in [2.45, 2.75) is 26.2 Å². The highest BCUT2D eigenvalue weighted by Crippen LogP contribution is 2.38. The summed E-state index contributed by atoms with van der Waals surface area (Å²) in [5.74, 6) is 1.57. The van der Waals surface area contributed by atoms with Gasteiger partial charge in [-0.3, -0.25) is 0 Å². The van der Waals surface area contributed by atoms with E-state index in [-0.39, 0.29) is 12.2 Å². The molecule has 1 heterocycles. The molecule has 3 nitrogen and oxygen atoms in total. The van der Waals surface area contributed by atoms with Crippen molar-refractivity contribution in [2.75, 3.05) is 12.1 Å². The highest BCUT2D eigenvalue weighted by Gasteiger charge is 2.17. The zero-order valence-corrected chi connectivity index (χ0v) is 15.4. The lowest BCUT2D eigenvalue weighted by atomic mass is 9.85. The topological polar surface area (TPSA) is 30.5 Å². The number of hydrogen-bond acceptors (Lipinski definition) is 3. The minimum atomic E-state index is 0.0980. The molecule has 0 spiro atoms. The Hall–Kier alpha value is -2.94. The van der Waals surface area contributed by atoms with Crippen molar-refractivity contribution >= 4 is 11.4 Å². The van der Waals surface area contributed by atoms with Gasteiger partial charge in [-0.1, -0.05) is 57.2 Å². The van der Waals surface area contributed by atoms with E-state index in [0.717, 1.165) is 22.9 Å². The van der Waals surface area contributed by atoms with E-state index < -0.39 is 0 Å². The molecule has 0 fully saturated rings. The van der Waals surface area contributed by atoms with Gasteiger partial charge in [-0.05, 0) is 40.8 Å². The summed E-state index contributed by atoms with van der Waals surface area (Å²) in [6, 6.07) is 23.1. The van der Waals surface area contributed by atoms with Gasteiger partial charge in [-0.2, -0.15) is 0 Å². The lowest BCUT2D eigenvalue weighted by molar-refractivity contribution is 0.174. The fourth-order valence-electron chi connectivity index (χ4n) is 3.11. The van der Waals surface area contributed by atoms with Gasteiger partial charge in [0.15, 0.2) is 11.5 Å². The molecule has 3 heteroatoms. The summed E-state index contributed by atoms with van der Waals surface area (Å²) in [4.78, 5) is 0. The average molecular weight is 345 g/mol. The van der Waals surface area contributed by atoms with Gasteiger partial charge in [0.1, 0.15) is 0 Å². The number of rotatable bonds is 3. The van der Waals surface area contributed by atoms with Crippen LogP contribution < -0.4 is 14.8 Å². The largest absolute Gasteiger partial charge is 0.454 e. The van der Waals surface area contributed by atoms with Crippen LogP contribution >= 0.6 is 0 Å². The number of benzene rings is 3. The van der Waals surface area contributed by atoms with E-state index in [9.17, 15) is 0 Å². The molecular formula is C23H23NO2. The van der Waals surface area contributed by atoms with Crippen molar-refractivity contribution in [3.63, 3.8) is 0 Å². The summed E-state index contributed by atoms with van der Waals surface area (Å²) in [6.45, 7) is 7.00. The minimum absolute atomic E-state index is 0.0980. The Labute approximate surface area is 154 Å². The molecule has 1 N–H and O–H groups in total. The highest BCUT2D eigenvalue weighted by atomic mass is 16.7. The molecule has 0 bridgehead atoms. The van der Waals surface area contributed by atoms with Gasteiger partial charge in [0.05, 0.1) is 0 Å². The molecule has 4 rings (SSSR count). The first-order chi connectivity index (χ1) is 12.5. The number of nitrogens with one attached hydrogen (secondary N) is 1. The summed E-state index contributed by atoms with van der Waals surface area (Å²) in [5, 5.41) is 3.54. The second kappa shape index (κ2) is 6.41. The normalized spacial score (nSPS) is 12.9. The zero-order valence-electron chi connectivity index (χ0n) is 15.4. The molecular weight excluding hydrogens is 322 g/mol. The molecule has 0 saturated carbocycles. The first kappa shape index (κ1) is 16.5. The van der Waals surface area contributed by atoms with Crippen LogP contribution in [-0.2, 0) is 5.41 Å². The van der Waals surface area contributed by atoms with Gasteiger partial charge in [0.2, 0.25) is 6.79 Å². The SMILES string of the molecule is CC(C)(C)c1ccc(Nc2ccc3c(c2)OCO3)c(-c2ccccc2)c1. The van der Waals surface area contributed by atoms with Crippen LogP contribution in [0.2, 0.25) is 0 Å². The lowest BCUT2D eigenvalue weighted by Crippen LogP contribution is -2.11. The van der Waals surface area contributed by atoms with Gasteiger partial charge in [-0.15, -0.1) is 0 Å². The van der Waals surface area contributed by atoms with Crippen LogP contribution in [0.5, 0.6) is 11.5 Å². The fourth-order valence-corrected chi connectivity index (χ4v) is 3.11. The van der Waals surface area contributed by atoms with Crippen LogP contribution in [0.1, 0.15) is 26.3 Å². The van der Waals surface area contributed by atoms with Crippen LogP contribution in [-0.4, -0.2) is 6.79 Å². The van der Waals surface area contributed by atoms with Crippen molar-refractivity contribution in [3.8, 4) is 22.6 Å². The van der Waals surface area contributed by atoms with Gasteiger partial charge in [-0.25, -0.2) is 0 Å². The summed E-state index contributed by atoms with van der Waals surface area (Å²) >= 11 is 0. The quantitative estimate of drug-likeness (QED) is 0.620. The first-order valence-corrected chi connectivity index (χ1v) is 8.87. The Bertz CT molecular complexity index is 927. The Kier molecular flexibility index (Phi) is 4.08. The predicted molar refractivity (Wildman–Crippen MR) is 106 cm³/mol. The van der Waals surface area contributed by atoms with Crippen LogP contribution in [0, 0.1) is 0 Å². The molecule has 1 aliphatic heterocycles. The van der Waals surface area contributed by atoms with Crippen LogP contribution in [0.4, 0.5) is 11.4 Å². The van der Waals surface area contributed by atoms with Crippen molar-refractivity contribution < 1.29 is 9.47 Å². The second-order valence-electron chi connectivity index (χ2n) is 7.57. The molecule has 3 aromatic rings. The van der Waals surface area contributed by atoms with Gasteiger partial charge >= 0.3 is 0 Å². The molecule has 0 saturated heterocycles. The summed E-state index contributed by atoms with van der Waals surface area (Å²) in [6.07, 6.45) is 0. The molecule has 0 aliphatic carbocycles. The number of fused-ring (bicyclic) bond motifs is 1. The third kappa shape index (κ3) is 3.25. The molecule has 1 aliphatic rings. The van der Waals surface area contributed by atoms with E-state index in [4.69, 9.17) is 9.47 Å². The van der Waals surface area contributed by atoms with Crippen LogP contribution in [0.3, 0.4) is 0 Å². The standard InChI is InChI=1S/C23H23NO2/c1-23(2,3)17-9-11-20(19(13-17)16-7-5-4-6-8-16)24-18-10-12-21-22(14-18)26-15-25-21/h4-14,24H,15H2,1-3H3. The third-order valence-corrected chi connectivity index (χ3v) is 4.62. The Morgan fingerprint density at radius 3 is 2.35 bits per heavy atom. The maximum Gasteiger partial charge on any atom is 0.231 e. The predicted octanol–water partition coefficient (Wildman–Crippen LogP) is 6.12. The fraction of sp³-hybridized carbons (Fsp3) is 0.217. The van der Waals surface area contributed by atoms with E-state index in [1.807, 2.05) is 24.3 Å². The maximum absolute atomic E-state index is 5.49. The van der Waals surface area contributed by atoms with Crippen LogP contribution in [0.25, 0.3) is 11.1 Å². The second-order valence-corrected chi connectivity index (χ2v) is 7.57. The van der Waals surface area contributed by atoms with Crippen molar-refractivity contribution in [3.05, 3.63) is 72.3 Å². The van der Waals surface area contributed by atoms with Gasteiger partial charge < -0.3 is 14.8 Å². The molecule has 26 heavy (non-hydrogen) atoms. The van der Waals surface area contributed by atoms with E-state index >= 15 is 0 Å². The third-order valence-electron chi connectivity index (χ3n) is 4.62. The number of anilines is 2. The minimum Gasteiger partial charge on any atom is -0.454 e. The van der Waals surface area contributed by atoms with E-state index in [1.165, 1.54) is 16.7 Å². The summed E-state index contributed by atoms with van der Waals surface area (Å²) < 4.78 is 10.9. The molecule has 0 amide bonds. The smallest absolute Gasteiger partial charge is 0.231 e. The average Bonchev–Trinajstić information content (AvgIpc) is 3.09. The van der Waals surface area contributed by atoms with Crippen molar-refractivity contribution in [1.29, 1.82) is 0 Å².